The number of carboxylic acid groups (broad SMARTS) is 1. The largest absolute Gasteiger partial charge is 0.469 e. The van der Waals surface area contributed by atoms with Crippen molar-refractivity contribution in [3.05, 3.63) is 54.5 Å². The summed E-state index contributed by atoms with van der Waals surface area (Å²) >= 11 is 0. The van der Waals surface area contributed by atoms with Crippen molar-refractivity contribution in [3.8, 4) is 11.1 Å². The van der Waals surface area contributed by atoms with Crippen molar-refractivity contribution < 1.29 is 32.2 Å². The summed E-state index contributed by atoms with van der Waals surface area (Å²) in [5.41, 5.74) is 1.32. The molecule has 2 heterocycles. The maximum absolute atomic E-state index is 13.6. The Morgan fingerprint density at radius 3 is 2.40 bits per heavy atom. The fourth-order valence-corrected chi connectivity index (χ4v) is 5.02. The predicted octanol–water partition coefficient (Wildman–Crippen LogP) is 2.77. The van der Waals surface area contributed by atoms with Crippen molar-refractivity contribution in [2.45, 2.75) is 4.90 Å². The highest BCUT2D eigenvalue weighted by Crippen LogP contribution is 2.33. The summed E-state index contributed by atoms with van der Waals surface area (Å²) in [4.78, 5) is 23.0. The molecule has 0 bridgehead atoms. The molecule has 10 heteroatoms. The number of fused-ring (bicyclic) bond motifs is 1. The van der Waals surface area contributed by atoms with E-state index < -0.39 is 33.8 Å². The van der Waals surface area contributed by atoms with Gasteiger partial charge in [0.05, 0.1) is 23.4 Å². The number of nitrogens with zero attached hydrogens (tertiary/aromatic N) is 2. The molecular weight excluding hydrogens is 415 g/mol. The van der Waals surface area contributed by atoms with E-state index in [-0.39, 0.29) is 23.5 Å². The number of aromatic nitrogens is 1. The number of carbonyl (C=O) groups excluding carboxylic acids is 1. The first-order chi connectivity index (χ1) is 14.2. The van der Waals surface area contributed by atoms with Crippen molar-refractivity contribution in [2.75, 3.05) is 20.2 Å². The molecule has 0 saturated carbocycles. The van der Waals surface area contributed by atoms with E-state index in [1.165, 1.54) is 41.9 Å². The van der Waals surface area contributed by atoms with Gasteiger partial charge in [0.2, 0.25) is 10.0 Å². The van der Waals surface area contributed by atoms with Crippen molar-refractivity contribution in [1.29, 1.82) is 0 Å². The van der Waals surface area contributed by atoms with Crippen LogP contribution in [-0.4, -0.2) is 54.7 Å². The van der Waals surface area contributed by atoms with Crippen LogP contribution in [0.1, 0.15) is 0 Å². The molecule has 1 fully saturated rings. The third-order valence-electron chi connectivity index (χ3n) is 5.16. The van der Waals surface area contributed by atoms with E-state index in [2.05, 4.69) is 4.74 Å². The van der Waals surface area contributed by atoms with Gasteiger partial charge in [-0.1, -0.05) is 12.1 Å². The molecule has 0 atom stereocenters. The molecule has 156 valence electrons. The average molecular weight is 432 g/mol. The zero-order valence-corrected chi connectivity index (χ0v) is 16.6. The summed E-state index contributed by atoms with van der Waals surface area (Å²) in [6.45, 7) is 0.128. The molecule has 2 aromatic carbocycles. The van der Waals surface area contributed by atoms with Crippen LogP contribution >= 0.6 is 0 Å². The number of esters is 1. The Kier molecular flexibility index (Phi) is 4.83. The number of benzene rings is 2. The van der Waals surface area contributed by atoms with Gasteiger partial charge < -0.3 is 9.84 Å². The lowest BCUT2D eigenvalue weighted by molar-refractivity contribution is -0.149. The van der Waals surface area contributed by atoms with Crippen LogP contribution in [0.3, 0.4) is 0 Å². The predicted molar refractivity (Wildman–Crippen MR) is 105 cm³/mol. The van der Waals surface area contributed by atoms with Gasteiger partial charge >= 0.3 is 12.1 Å². The SMILES string of the molecule is COC(=O)C1CN(S(=O)(=O)c2ccc(-c3cn(C(=O)O)c4cc(F)ccc34)cc2)C1. The molecule has 1 aliphatic rings. The lowest BCUT2D eigenvalue weighted by atomic mass is 10.0. The number of carbonyl (C=O) groups is 2. The molecule has 3 aromatic rings. The van der Waals surface area contributed by atoms with Gasteiger partial charge in [-0.3, -0.25) is 9.36 Å². The Morgan fingerprint density at radius 2 is 1.80 bits per heavy atom. The van der Waals surface area contributed by atoms with Gasteiger partial charge in [-0.15, -0.1) is 0 Å². The van der Waals surface area contributed by atoms with Crippen LogP contribution in [0.25, 0.3) is 22.0 Å². The second-order valence-corrected chi connectivity index (χ2v) is 8.86. The average Bonchev–Trinajstić information content (AvgIpc) is 3.05. The third-order valence-corrected chi connectivity index (χ3v) is 7.01. The fourth-order valence-electron chi connectivity index (χ4n) is 3.49. The second-order valence-electron chi connectivity index (χ2n) is 6.92. The first-order valence-corrected chi connectivity index (χ1v) is 10.4. The molecule has 0 radical (unpaired) electrons. The molecule has 1 saturated heterocycles. The molecule has 1 aromatic heterocycles. The molecule has 8 nitrogen and oxygen atoms in total. The monoisotopic (exact) mass is 432 g/mol. The van der Waals surface area contributed by atoms with Crippen LogP contribution < -0.4 is 0 Å². The van der Waals surface area contributed by atoms with Crippen molar-refractivity contribution >= 4 is 33.0 Å². The molecular formula is C20H17FN2O6S. The van der Waals surface area contributed by atoms with Gasteiger partial charge in [0, 0.05) is 30.2 Å². The number of rotatable bonds is 4. The first-order valence-electron chi connectivity index (χ1n) is 8.94. The summed E-state index contributed by atoms with van der Waals surface area (Å²) < 4.78 is 45.7. The van der Waals surface area contributed by atoms with Gasteiger partial charge in [-0.2, -0.15) is 4.31 Å². The minimum absolute atomic E-state index is 0.0579. The smallest absolute Gasteiger partial charge is 0.416 e. The molecule has 1 N–H and O–H groups in total. The molecule has 0 spiro atoms. The summed E-state index contributed by atoms with van der Waals surface area (Å²) in [6, 6.07) is 9.82. The van der Waals surface area contributed by atoms with Crippen molar-refractivity contribution in [1.82, 2.24) is 8.87 Å². The van der Waals surface area contributed by atoms with Gasteiger partial charge in [-0.25, -0.2) is 17.6 Å². The molecule has 0 unspecified atom stereocenters. The molecule has 0 amide bonds. The number of hydrogen-bond acceptors (Lipinski definition) is 5. The first kappa shape index (κ1) is 20.0. The van der Waals surface area contributed by atoms with E-state index in [9.17, 15) is 27.5 Å². The molecule has 0 aliphatic carbocycles. The van der Waals surface area contributed by atoms with E-state index >= 15 is 0 Å². The van der Waals surface area contributed by atoms with Crippen LogP contribution in [0.5, 0.6) is 0 Å². The minimum atomic E-state index is -3.76. The number of hydrogen-bond donors (Lipinski definition) is 1. The Morgan fingerprint density at radius 1 is 1.13 bits per heavy atom. The van der Waals surface area contributed by atoms with E-state index in [4.69, 9.17) is 0 Å². The lowest BCUT2D eigenvalue weighted by Crippen LogP contribution is -2.53. The fraction of sp³-hybridized carbons (Fsp3) is 0.200. The molecule has 30 heavy (non-hydrogen) atoms. The molecule has 4 rings (SSSR count). The number of ether oxygens (including phenoxy) is 1. The van der Waals surface area contributed by atoms with E-state index in [1.54, 1.807) is 12.1 Å². The van der Waals surface area contributed by atoms with Crippen molar-refractivity contribution in [3.63, 3.8) is 0 Å². The maximum Gasteiger partial charge on any atom is 0.416 e. The van der Waals surface area contributed by atoms with E-state index in [0.717, 1.165) is 10.6 Å². The Balaban J connectivity index is 1.65. The topological polar surface area (TPSA) is 106 Å². The summed E-state index contributed by atoms with van der Waals surface area (Å²) in [5, 5.41) is 9.91. The summed E-state index contributed by atoms with van der Waals surface area (Å²) in [5.74, 6) is -1.47. The zero-order chi connectivity index (χ0) is 21.6. The number of sulfonamides is 1. The second kappa shape index (κ2) is 7.22. The third kappa shape index (κ3) is 3.23. The Hall–Kier alpha value is -3.24. The van der Waals surface area contributed by atoms with Crippen molar-refractivity contribution in [2.24, 2.45) is 5.92 Å². The van der Waals surface area contributed by atoms with Gasteiger partial charge in [-0.05, 0) is 35.9 Å². The normalized spacial score (nSPS) is 15.1. The van der Waals surface area contributed by atoms with Crippen LogP contribution in [0.4, 0.5) is 9.18 Å². The quantitative estimate of drug-likeness (QED) is 0.636. The van der Waals surface area contributed by atoms with Gasteiger partial charge in [0.1, 0.15) is 5.82 Å². The lowest BCUT2D eigenvalue weighted by Gasteiger charge is -2.36. The summed E-state index contributed by atoms with van der Waals surface area (Å²) in [7, 11) is -2.50. The van der Waals surface area contributed by atoms with E-state index in [1.807, 2.05) is 0 Å². The zero-order valence-electron chi connectivity index (χ0n) is 15.8. The Bertz CT molecular complexity index is 1260. The van der Waals surface area contributed by atoms with Crippen LogP contribution in [0, 0.1) is 11.7 Å². The van der Waals surface area contributed by atoms with Gasteiger partial charge in [0.25, 0.3) is 0 Å². The number of halogens is 1. The highest BCUT2D eigenvalue weighted by molar-refractivity contribution is 7.89. The highest BCUT2D eigenvalue weighted by Gasteiger charge is 2.41. The Labute approximate surface area is 171 Å². The van der Waals surface area contributed by atoms with E-state index in [0.29, 0.717) is 16.5 Å². The van der Waals surface area contributed by atoms with Gasteiger partial charge in [0.15, 0.2) is 0 Å². The highest BCUT2D eigenvalue weighted by atomic mass is 32.2. The van der Waals surface area contributed by atoms with Crippen LogP contribution in [0.2, 0.25) is 0 Å². The minimum Gasteiger partial charge on any atom is -0.469 e. The standard InChI is InChI=1S/C20H17FN2O6S/c1-29-19(24)13-9-22(10-13)30(27,28)15-5-2-12(3-6-15)17-11-23(20(25)26)18-8-14(21)4-7-16(17)18/h2-8,11,13H,9-10H2,1H3,(H,25,26). The summed E-state index contributed by atoms with van der Waals surface area (Å²) in [6.07, 6.45) is 0.112. The number of methoxy groups -OCH3 is 1. The maximum atomic E-state index is 13.6. The van der Waals surface area contributed by atoms with Crippen LogP contribution in [0.15, 0.2) is 53.6 Å². The molecule has 1 aliphatic heterocycles. The van der Waals surface area contributed by atoms with Crippen LogP contribution in [-0.2, 0) is 19.6 Å².